The number of halogens is 1. The van der Waals surface area contributed by atoms with Crippen LogP contribution in [0.1, 0.15) is 22.3 Å². The van der Waals surface area contributed by atoms with Gasteiger partial charge in [-0.25, -0.2) is 0 Å². The van der Waals surface area contributed by atoms with Crippen LogP contribution in [-0.2, 0) is 6.42 Å². The summed E-state index contributed by atoms with van der Waals surface area (Å²) in [5.41, 5.74) is 4.20. The summed E-state index contributed by atoms with van der Waals surface area (Å²) in [6.07, 6.45) is 0.506. The topological polar surface area (TPSA) is 51.3 Å². The maximum Gasteiger partial charge on any atom is 0.252 e. The minimum absolute atomic E-state index is 0.114. The molecule has 0 amide bonds. The molecule has 4 nitrogen and oxygen atoms in total. The van der Waals surface area contributed by atoms with Gasteiger partial charge in [0, 0.05) is 34.5 Å². The number of H-pyrrole nitrogens is 1. The largest absolute Gasteiger partial charge is 0.497 e. The third-order valence-corrected chi connectivity index (χ3v) is 4.91. The number of benzene rings is 2. The zero-order valence-electron chi connectivity index (χ0n) is 14.7. The molecular weight excluding hydrogens is 338 g/mol. The van der Waals surface area contributed by atoms with Crippen LogP contribution in [0, 0.1) is 13.8 Å². The van der Waals surface area contributed by atoms with E-state index < -0.39 is 0 Å². The Bertz CT molecular complexity index is 1010. The first kappa shape index (κ1) is 17.4. The first-order valence-corrected chi connectivity index (χ1v) is 8.35. The lowest BCUT2D eigenvalue weighted by atomic mass is 9.97. The minimum atomic E-state index is -0.114. The molecule has 0 aliphatic carbocycles. The van der Waals surface area contributed by atoms with Gasteiger partial charge in [-0.2, -0.15) is 0 Å². The van der Waals surface area contributed by atoms with Crippen LogP contribution >= 0.6 is 11.6 Å². The fourth-order valence-corrected chi connectivity index (χ4v) is 3.24. The molecule has 0 saturated carbocycles. The number of aromatic nitrogens is 1. The van der Waals surface area contributed by atoms with Crippen LogP contribution in [0.25, 0.3) is 10.9 Å². The summed E-state index contributed by atoms with van der Waals surface area (Å²) in [5, 5.41) is 1.59. The Morgan fingerprint density at radius 2 is 1.84 bits per heavy atom. The molecule has 0 radical (unpaired) electrons. The lowest BCUT2D eigenvalue weighted by Gasteiger charge is -2.14. The van der Waals surface area contributed by atoms with E-state index in [1.54, 1.807) is 20.3 Å². The molecule has 5 heteroatoms. The first-order chi connectivity index (χ1) is 11.9. The van der Waals surface area contributed by atoms with Crippen LogP contribution < -0.4 is 15.0 Å². The van der Waals surface area contributed by atoms with Crippen molar-refractivity contribution < 1.29 is 9.47 Å². The molecule has 0 bridgehead atoms. The average Bonchev–Trinajstić information content (AvgIpc) is 2.60. The highest BCUT2D eigenvalue weighted by atomic mass is 35.5. The molecule has 0 fully saturated rings. The molecule has 25 heavy (non-hydrogen) atoms. The van der Waals surface area contributed by atoms with E-state index >= 15 is 0 Å². The second-order valence-corrected chi connectivity index (χ2v) is 6.48. The van der Waals surface area contributed by atoms with Gasteiger partial charge < -0.3 is 14.5 Å². The van der Waals surface area contributed by atoms with Crippen molar-refractivity contribution in [1.82, 2.24) is 4.98 Å². The number of nitrogens with one attached hydrogen (secondary N) is 1. The number of pyridine rings is 1. The lowest BCUT2D eigenvalue weighted by Crippen LogP contribution is -2.16. The monoisotopic (exact) mass is 357 g/mol. The van der Waals surface area contributed by atoms with Gasteiger partial charge in [0.25, 0.3) is 5.56 Å². The molecule has 1 N–H and O–H groups in total. The van der Waals surface area contributed by atoms with Crippen molar-refractivity contribution in [3.8, 4) is 11.5 Å². The maximum atomic E-state index is 12.6. The standard InChI is InChI=1S/C20H20ClNO3/c1-11-5-6-13(8-16(11)21)7-15-12(2)19-17(22-20(15)23)9-14(24-3)10-18(19)25-4/h5-6,8-10H,7H2,1-4H3,(H,22,23). The van der Waals surface area contributed by atoms with Gasteiger partial charge in [0.05, 0.1) is 19.7 Å². The van der Waals surface area contributed by atoms with Crippen molar-refractivity contribution in [2.75, 3.05) is 14.2 Å². The van der Waals surface area contributed by atoms with Crippen molar-refractivity contribution in [3.63, 3.8) is 0 Å². The number of aryl methyl sites for hydroxylation is 2. The Morgan fingerprint density at radius 3 is 2.48 bits per heavy atom. The Labute approximate surface area is 151 Å². The molecule has 1 heterocycles. The second-order valence-electron chi connectivity index (χ2n) is 6.07. The summed E-state index contributed by atoms with van der Waals surface area (Å²) in [6.45, 7) is 3.90. The van der Waals surface area contributed by atoms with Crippen LogP contribution in [0.5, 0.6) is 11.5 Å². The third kappa shape index (κ3) is 3.22. The Kier molecular flexibility index (Phi) is 4.73. The molecule has 0 aliphatic heterocycles. The molecule has 0 spiro atoms. The molecule has 0 aliphatic rings. The Balaban J connectivity index is 2.18. The SMILES string of the molecule is COc1cc(OC)c2c(C)c(Cc3ccc(C)c(Cl)c3)c(=O)[nH]c2c1. The fraction of sp³-hybridized carbons (Fsp3) is 0.250. The summed E-state index contributed by atoms with van der Waals surface area (Å²) in [5.74, 6) is 1.31. The average molecular weight is 358 g/mol. The number of methoxy groups -OCH3 is 2. The minimum Gasteiger partial charge on any atom is -0.497 e. The number of fused-ring (bicyclic) bond motifs is 1. The van der Waals surface area contributed by atoms with Gasteiger partial charge in [0.1, 0.15) is 11.5 Å². The zero-order valence-corrected chi connectivity index (χ0v) is 15.5. The normalized spacial score (nSPS) is 10.9. The molecule has 3 aromatic rings. The quantitative estimate of drug-likeness (QED) is 0.752. The third-order valence-electron chi connectivity index (χ3n) is 4.50. The van der Waals surface area contributed by atoms with Gasteiger partial charge >= 0.3 is 0 Å². The Morgan fingerprint density at radius 1 is 1.08 bits per heavy atom. The summed E-state index contributed by atoms with van der Waals surface area (Å²) in [4.78, 5) is 15.6. The van der Waals surface area contributed by atoms with Crippen LogP contribution in [0.15, 0.2) is 35.1 Å². The molecule has 0 unspecified atom stereocenters. The van der Waals surface area contributed by atoms with Crippen LogP contribution in [-0.4, -0.2) is 19.2 Å². The predicted molar refractivity (Wildman–Crippen MR) is 101 cm³/mol. The van der Waals surface area contributed by atoms with Gasteiger partial charge in [-0.1, -0.05) is 23.7 Å². The smallest absolute Gasteiger partial charge is 0.252 e. The molecule has 1 aromatic heterocycles. The van der Waals surface area contributed by atoms with Crippen LogP contribution in [0.4, 0.5) is 0 Å². The summed E-state index contributed by atoms with van der Waals surface area (Å²) in [7, 11) is 3.19. The van der Waals surface area contributed by atoms with Gasteiger partial charge in [0.2, 0.25) is 0 Å². The number of ether oxygens (including phenoxy) is 2. The zero-order chi connectivity index (χ0) is 18.1. The number of hydrogen-bond acceptors (Lipinski definition) is 3. The van der Waals surface area contributed by atoms with Crippen LogP contribution in [0.3, 0.4) is 0 Å². The van der Waals surface area contributed by atoms with E-state index in [0.717, 1.165) is 22.1 Å². The maximum absolute atomic E-state index is 12.6. The first-order valence-electron chi connectivity index (χ1n) is 7.97. The van der Waals surface area contributed by atoms with Gasteiger partial charge in [0.15, 0.2) is 0 Å². The number of rotatable bonds is 4. The van der Waals surface area contributed by atoms with E-state index in [9.17, 15) is 4.79 Å². The van der Waals surface area contributed by atoms with E-state index in [1.807, 2.05) is 38.1 Å². The van der Waals surface area contributed by atoms with Gasteiger partial charge in [-0.05, 0) is 36.6 Å². The highest BCUT2D eigenvalue weighted by molar-refractivity contribution is 6.31. The molecular formula is C20H20ClNO3. The lowest BCUT2D eigenvalue weighted by molar-refractivity contribution is 0.397. The van der Waals surface area contributed by atoms with Crippen molar-refractivity contribution in [2.45, 2.75) is 20.3 Å². The highest BCUT2D eigenvalue weighted by Gasteiger charge is 2.15. The fourth-order valence-electron chi connectivity index (χ4n) is 3.04. The van der Waals surface area contributed by atoms with Gasteiger partial charge in [-0.3, -0.25) is 4.79 Å². The predicted octanol–water partition coefficient (Wildman–Crippen LogP) is 4.41. The summed E-state index contributed by atoms with van der Waals surface area (Å²) >= 11 is 6.22. The molecule has 130 valence electrons. The van der Waals surface area contributed by atoms with Crippen LogP contribution in [0.2, 0.25) is 5.02 Å². The summed E-state index contributed by atoms with van der Waals surface area (Å²) < 4.78 is 10.8. The van der Waals surface area contributed by atoms with E-state index in [0.29, 0.717) is 34.0 Å². The Hall–Kier alpha value is -2.46. The van der Waals surface area contributed by atoms with Crippen molar-refractivity contribution in [1.29, 1.82) is 0 Å². The number of hydrogen-bond donors (Lipinski definition) is 1. The van der Waals surface area contributed by atoms with E-state index in [4.69, 9.17) is 21.1 Å². The van der Waals surface area contributed by atoms with E-state index in [1.165, 1.54) is 0 Å². The second kappa shape index (κ2) is 6.81. The molecule has 0 saturated heterocycles. The van der Waals surface area contributed by atoms with Crippen molar-refractivity contribution in [2.24, 2.45) is 0 Å². The van der Waals surface area contributed by atoms with Crippen molar-refractivity contribution in [3.05, 3.63) is 68.0 Å². The van der Waals surface area contributed by atoms with Gasteiger partial charge in [-0.15, -0.1) is 0 Å². The summed E-state index contributed by atoms with van der Waals surface area (Å²) in [6, 6.07) is 9.49. The number of aromatic amines is 1. The molecule has 3 rings (SSSR count). The highest BCUT2D eigenvalue weighted by Crippen LogP contribution is 2.33. The van der Waals surface area contributed by atoms with E-state index in [2.05, 4.69) is 4.98 Å². The molecule has 0 atom stereocenters. The molecule has 2 aromatic carbocycles. The van der Waals surface area contributed by atoms with E-state index in [-0.39, 0.29) is 5.56 Å². The van der Waals surface area contributed by atoms with Crippen molar-refractivity contribution >= 4 is 22.5 Å².